The van der Waals surface area contributed by atoms with E-state index in [0.29, 0.717) is 50.0 Å². The van der Waals surface area contributed by atoms with Crippen LogP contribution in [-0.4, -0.2) is 34.8 Å². The zero-order valence-electron chi connectivity index (χ0n) is 22.7. The summed E-state index contributed by atoms with van der Waals surface area (Å²) in [5.41, 5.74) is 1.55. The Labute approximate surface area is 239 Å². The molecular formula is C31H28N2O7S. The summed E-state index contributed by atoms with van der Waals surface area (Å²) >= 11 is 1.17. The summed E-state index contributed by atoms with van der Waals surface area (Å²) in [6, 6.07) is 16.4. The molecule has 0 spiro atoms. The summed E-state index contributed by atoms with van der Waals surface area (Å²) in [5.74, 6) is -0.315. The first-order valence-corrected chi connectivity index (χ1v) is 14.0. The average Bonchev–Trinajstić information content (AvgIpc) is 3.55. The van der Waals surface area contributed by atoms with Gasteiger partial charge in [-0.3, -0.25) is 9.36 Å². The van der Waals surface area contributed by atoms with Crippen LogP contribution >= 0.6 is 11.3 Å². The molecule has 2 aromatic carbocycles. The number of allylic oxidation sites excluding steroid dienone is 1. The molecule has 10 heteroatoms. The first-order chi connectivity index (χ1) is 19.8. The van der Waals surface area contributed by atoms with Crippen LogP contribution in [0.2, 0.25) is 0 Å². The second kappa shape index (κ2) is 11.8. The van der Waals surface area contributed by atoms with Gasteiger partial charge in [-0.1, -0.05) is 54.7 Å². The van der Waals surface area contributed by atoms with Crippen molar-refractivity contribution in [2.24, 2.45) is 4.99 Å². The largest absolute Gasteiger partial charge is 0.493 e. The molecule has 0 fully saturated rings. The lowest BCUT2D eigenvalue weighted by molar-refractivity contribution is -0.139. The second-order valence-corrected chi connectivity index (χ2v) is 10.3. The maximum Gasteiger partial charge on any atom is 0.338 e. The SMILES string of the molecule is CCCOc1ccccc1[C@@H]1C(C(=O)OCC)=C(C)N=c2s/c(=C/c3ccc(-c4ccccc4C(=O)O)o3)c(=O)n21. The van der Waals surface area contributed by atoms with Crippen molar-refractivity contribution in [1.29, 1.82) is 0 Å². The molecule has 4 aromatic rings. The second-order valence-electron chi connectivity index (χ2n) is 9.24. The summed E-state index contributed by atoms with van der Waals surface area (Å²) in [5, 5.41) is 9.55. The minimum atomic E-state index is -1.07. The van der Waals surface area contributed by atoms with Gasteiger partial charge in [-0.05, 0) is 44.5 Å². The average molecular weight is 573 g/mol. The highest BCUT2D eigenvalue weighted by Crippen LogP contribution is 2.36. The number of esters is 1. The number of furan rings is 1. The molecule has 1 atom stereocenters. The summed E-state index contributed by atoms with van der Waals surface area (Å²) in [4.78, 5) is 43.8. The summed E-state index contributed by atoms with van der Waals surface area (Å²) < 4.78 is 19.2. The number of para-hydroxylation sites is 1. The minimum absolute atomic E-state index is 0.110. The van der Waals surface area contributed by atoms with Crippen molar-refractivity contribution in [3.8, 4) is 17.1 Å². The number of aromatic nitrogens is 1. The number of ether oxygens (including phenoxy) is 2. The number of carboxylic acids is 1. The van der Waals surface area contributed by atoms with E-state index in [1.165, 1.54) is 22.0 Å². The Morgan fingerprint density at radius 2 is 1.85 bits per heavy atom. The Balaban J connectivity index is 1.65. The van der Waals surface area contributed by atoms with Crippen molar-refractivity contribution in [3.05, 3.63) is 109 Å². The number of carbonyl (C=O) groups is 2. The Morgan fingerprint density at radius 3 is 2.61 bits per heavy atom. The molecule has 1 aliphatic heterocycles. The minimum Gasteiger partial charge on any atom is -0.493 e. The molecule has 5 rings (SSSR count). The van der Waals surface area contributed by atoms with Gasteiger partial charge in [-0.15, -0.1) is 0 Å². The van der Waals surface area contributed by atoms with Gasteiger partial charge in [-0.25, -0.2) is 14.6 Å². The highest BCUT2D eigenvalue weighted by molar-refractivity contribution is 7.07. The van der Waals surface area contributed by atoms with Crippen LogP contribution in [-0.2, 0) is 9.53 Å². The van der Waals surface area contributed by atoms with E-state index >= 15 is 0 Å². The molecule has 0 amide bonds. The Morgan fingerprint density at radius 1 is 1.10 bits per heavy atom. The third-order valence-electron chi connectivity index (χ3n) is 6.52. The van der Waals surface area contributed by atoms with Crippen LogP contribution in [0.25, 0.3) is 17.4 Å². The van der Waals surface area contributed by atoms with Crippen LogP contribution in [0.3, 0.4) is 0 Å². The predicted octanol–water partition coefficient (Wildman–Crippen LogP) is 4.55. The zero-order valence-corrected chi connectivity index (χ0v) is 23.6. The first kappa shape index (κ1) is 27.9. The number of thiazole rings is 1. The fourth-order valence-electron chi connectivity index (χ4n) is 4.72. The molecule has 210 valence electrons. The Hall–Kier alpha value is -4.70. The van der Waals surface area contributed by atoms with Gasteiger partial charge in [0, 0.05) is 17.2 Å². The zero-order chi connectivity index (χ0) is 29.1. The number of fused-ring (bicyclic) bond motifs is 1. The van der Waals surface area contributed by atoms with Gasteiger partial charge >= 0.3 is 11.9 Å². The van der Waals surface area contributed by atoms with Crippen LogP contribution in [0.1, 0.15) is 54.9 Å². The number of benzene rings is 2. The third-order valence-corrected chi connectivity index (χ3v) is 7.50. The molecule has 0 radical (unpaired) electrons. The van der Waals surface area contributed by atoms with Crippen molar-refractivity contribution in [2.75, 3.05) is 13.2 Å². The standard InChI is InChI=1S/C31H28N2O7S/c1-4-16-39-23-13-9-8-12-22(23)27-26(30(37)38-5-2)18(3)32-31-33(27)28(34)25(41-31)17-19-14-15-24(40-19)20-10-6-7-11-21(20)29(35)36/h6-15,17,27H,4-5,16H2,1-3H3,(H,35,36)/b25-17+/t27-/m1/s1. The fourth-order valence-corrected chi connectivity index (χ4v) is 5.75. The predicted molar refractivity (Wildman–Crippen MR) is 154 cm³/mol. The lowest BCUT2D eigenvalue weighted by Crippen LogP contribution is -2.40. The lowest BCUT2D eigenvalue weighted by Gasteiger charge is -2.26. The van der Waals surface area contributed by atoms with Gasteiger partial charge in [0.2, 0.25) is 0 Å². The number of carbonyl (C=O) groups excluding carboxylic acids is 1. The van der Waals surface area contributed by atoms with Gasteiger partial charge in [0.25, 0.3) is 5.56 Å². The molecule has 0 unspecified atom stereocenters. The van der Waals surface area contributed by atoms with Gasteiger partial charge in [0.15, 0.2) is 4.80 Å². The van der Waals surface area contributed by atoms with Crippen molar-refractivity contribution in [3.63, 3.8) is 0 Å². The maximum absolute atomic E-state index is 13.9. The maximum atomic E-state index is 13.9. The third kappa shape index (κ3) is 5.38. The molecule has 0 saturated carbocycles. The van der Waals surface area contributed by atoms with Gasteiger partial charge in [0.1, 0.15) is 23.3 Å². The monoisotopic (exact) mass is 572 g/mol. The quantitative estimate of drug-likeness (QED) is 0.292. The highest BCUT2D eigenvalue weighted by Gasteiger charge is 2.35. The van der Waals surface area contributed by atoms with E-state index in [9.17, 15) is 19.5 Å². The van der Waals surface area contributed by atoms with Crippen molar-refractivity contribution >= 4 is 29.4 Å². The number of carboxylic acid groups (broad SMARTS) is 1. The van der Waals surface area contributed by atoms with E-state index < -0.39 is 18.0 Å². The normalized spacial score (nSPS) is 14.9. The van der Waals surface area contributed by atoms with Crippen molar-refractivity contribution < 1.29 is 28.6 Å². The molecular weight excluding hydrogens is 544 g/mol. The van der Waals surface area contributed by atoms with Crippen molar-refractivity contribution in [2.45, 2.75) is 33.2 Å². The Kier molecular flexibility index (Phi) is 8.02. The van der Waals surface area contributed by atoms with Crippen LogP contribution in [0.4, 0.5) is 0 Å². The molecule has 9 nitrogen and oxygen atoms in total. The topological polar surface area (TPSA) is 120 Å². The molecule has 2 aromatic heterocycles. The summed E-state index contributed by atoms with van der Waals surface area (Å²) in [7, 11) is 0. The highest BCUT2D eigenvalue weighted by atomic mass is 32.1. The molecule has 0 saturated heterocycles. The number of hydrogen-bond donors (Lipinski definition) is 1. The van der Waals surface area contributed by atoms with Crippen LogP contribution in [0.15, 0.2) is 86.1 Å². The number of rotatable bonds is 9. The van der Waals surface area contributed by atoms with E-state index in [4.69, 9.17) is 13.9 Å². The summed E-state index contributed by atoms with van der Waals surface area (Å²) in [6.45, 7) is 6.10. The van der Waals surface area contributed by atoms with Gasteiger partial charge < -0.3 is 19.0 Å². The Bertz CT molecular complexity index is 1840. The van der Waals surface area contributed by atoms with Gasteiger partial charge in [-0.2, -0.15) is 0 Å². The molecule has 1 aliphatic rings. The summed E-state index contributed by atoms with van der Waals surface area (Å²) in [6.07, 6.45) is 2.38. The number of aromatic carboxylic acids is 1. The van der Waals surface area contributed by atoms with Crippen LogP contribution < -0.4 is 19.6 Å². The fraction of sp³-hybridized carbons (Fsp3) is 0.226. The van der Waals surface area contributed by atoms with Crippen LogP contribution in [0, 0.1) is 0 Å². The molecule has 1 N–H and O–H groups in total. The van der Waals surface area contributed by atoms with E-state index in [2.05, 4.69) is 4.99 Å². The lowest BCUT2D eigenvalue weighted by atomic mass is 9.95. The smallest absolute Gasteiger partial charge is 0.338 e. The molecule has 3 heterocycles. The molecule has 41 heavy (non-hydrogen) atoms. The first-order valence-electron chi connectivity index (χ1n) is 13.2. The van der Waals surface area contributed by atoms with E-state index in [0.717, 1.165) is 6.42 Å². The van der Waals surface area contributed by atoms with E-state index in [1.54, 1.807) is 50.3 Å². The molecule has 0 aliphatic carbocycles. The van der Waals surface area contributed by atoms with Crippen molar-refractivity contribution in [1.82, 2.24) is 4.57 Å². The van der Waals surface area contributed by atoms with Gasteiger partial charge in [0.05, 0.1) is 34.6 Å². The number of nitrogens with zero attached hydrogens (tertiary/aromatic N) is 2. The van der Waals surface area contributed by atoms with E-state index in [1.807, 2.05) is 31.2 Å². The van der Waals surface area contributed by atoms with E-state index in [-0.39, 0.29) is 23.3 Å². The van der Waals surface area contributed by atoms with Crippen LogP contribution in [0.5, 0.6) is 5.75 Å². The molecule has 0 bridgehead atoms. The number of hydrogen-bond acceptors (Lipinski definition) is 8.